The van der Waals surface area contributed by atoms with Crippen molar-refractivity contribution in [3.8, 4) is 0 Å². The van der Waals surface area contributed by atoms with Gasteiger partial charge in [0, 0.05) is 12.6 Å². The number of nitrogens with one attached hydrogen (secondary N) is 1. The average Bonchev–Trinajstić information content (AvgIpc) is 2.34. The van der Waals surface area contributed by atoms with Crippen molar-refractivity contribution < 1.29 is 0 Å². The third-order valence-electron chi connectivity index (χ3n) is 5.04. The Bertz CT molecular complexity index is 394. The van der Waals surface area contributed by atoms with Gasteiger partial charge in [0.2, 0.25) is 0 Å². The van der Waals surface area contributed by atoms with E-state index in [1.54, 1.807) is 11.1 Å². The first-order valence-corrected chi connectivity index (χ1v) is 7.66. The molecule has 2 aliphatic rings. The summed E-state index contributed by atoms with van der Waals surface area (Å²) in [6.07, 6.45) is 8.33. The molecule has 1 aromatic rings. The minimum absolute atomic E-state index is 0.716. The van der Waals surface area contributed by atoms with Crippen LogP contribution in [-0.4, -0.2) is 12.6 Å². The summed E-state index contributed by atoms with van der Waals surface area (Å²) in [5.41, 5.74) is 3.20. The van der Waals surface area contributed by atoms with Crippen molar-refractivity contribution in [2.45, 2.75) is 57.4 Å². The van der Waals surface area contributed by atoms with Gasteiger partial charge >= 0.3 is 0 Å². The zero-order valence-electron chi connectivity index (χ0n) is 11.5. The lowest BCUT2D eigenvalue weighted by atomic mass is 9.79. The van der Waals surface area contributed by atoms with Crippen LogP contribution < -0.4 is 5.32 Å². The van der Waals surface area contributed by atoms with Crippen LogP contribution in [0, 0.1) is 5.92 Å². The van der Waals surface area contributed by atoms with E-state index in [0.29, 0.717) is 6.04 Å². The van der Waals surface area contributed by atoms with Gasteiger partial charge in [-0.2, -0.15) is 0 Å². The Balaban J connectivity index is 1.60. The largest absolute Gasteiger partial charge is 0.313 e. The van der Waals surface area contributed by atoms with Gasteiger partial charge in [0.15, 0.2) is 0 Å². The van der Waals surface area contributed by atoms with Crippen molar-refractivity contribution in [1.82, 2.24) is 5.32 Å². The monoisotopic (exact) mass is 243 g/mol. The molecule has 18 heavy (non-hydrogen) atoms. The van der Waals surface area contributed by atoms with Crippen LogP contribution in [-0.2, 0) is 6.42 Å². The summed E-state index contributed by atoms with van der Waals surface area (Å²) in [7, 11) is 0. The van der Waals surface area contributed by atoms with Gasteiger partial charge in [0.1, 0.15) is 0 Å². The fourth-order valence-corrected chi connectivity index (χ4v) is 3.50. The summed E-state index contributed by atoms with van der Waals surface area (Å²) < 4.78 is 0. The maximum Gasteiger partial charge on any atom is 0.00672 e. The predicted molar refractivity (Wildman–Crippen MR) is 76.9 cm³/mol. The van der Waals surface area contributed by atoms with Gasteiger partial charge in [0.05, 0.1) is 0 Å². The van der Waals surface area contributed by atoms with Crippen molar-refractivity contribution >= 4 is 0 Å². The van der Waals surface area contributed by atoms with Crippen molar-refractivity contribution in [2.24, 2.45) is 5.92 Å². The Morgan fingerprint density at radius 3 is 2.78 bits per heavy atom. The lowest BCUT2D eigenvalue weighted by Crippen LogP contribution is -2.39. The Kier molecular flexibility index (Phi) is 3.69. The number of rotatable bonds is 4. The number of fused-ring (bicyclic) bond motifs is 1. The van der Waals surface area contributed by atoms with Gasteiger partial charge in [-0.15, -0.1) is 0 Å². The summed E-state index contributed by atoms with van der Waals surface area (Å²) in [5.74, 6) is 1.70. The molecule has 1 aromatic carbocycles. The predicted octanol–water partition coefficient (Wildman–Crippen LogP) is 3.88. The Labute approximate surface area is 111 Å². The molecule has 0 amide bonds. The first kappa shape index (κ1) is 12.2. The van der Waals surface area contributed by atoms with Gasteiger partial charge in [-0.1, -0.05) is 30.7 Å². The molecule has 0 bridgehead atoms. The molecular weight excluding hydrogens is 218 g/mol. The van der Waals surface area contributed by atoms with Crippen molar-refractivity contribution in [2.75, 3.05) is 6.54 Å². The fourth-order valence-electron chi connectivity index (χ4n) is 3.50. The molecule has 2 unspecified atom stereocenters. The van der Waals surface area contributed by atoms with Crippen molar-refractivity contribution in [3.05, 3.63) is 35.4 Å². The molecule has 0 aliphatic heterocycles. The standard InChI is InChI=1S/C17H25N/c1-13(14-7-4-8-14)18-12-16-10-5-9-15-6-2-3-11-17(15)16/h2-3,6,11,13-14,16,18H,4-5,7-10,12H2,1H3. The highest BCUT2D eigenvalue weighted by molar-refractivity contribution is 5.32. The summed E-state index contributed by atoms with van der Waals surface area (Å²) >= 11 is 0. The highest BCUT2D eigenvalue weighted by Crippen LogP contribution is 2.32. The highest BCUT2D eigenvalue weighted by atomic mass is 14.9. The SMILES string of the molecule is CC(NCC1CCCc2ccccc21)C1CCC1. The first-order chi connectivity index (χ1) is 8.84. The van der Waals surface area contributed by atoms with Crippen molar-refractivity contribution in [3.63, 3.8) is 0 Å². The Morgan fingerprint density at radius 1 is 1.17 bits per heavy atom. The molecule has 0 saturated heterocycles. The number of hydrogen-bond donors (Lipinski definition) is 1. The van der Waals surface area contributed by atoms with Crippen LogP contribution in [0.3, 0.4) is 0 Å². The molecule has 2 aliphatic carbocycles. The Morgan fingerprint density at radius 2 is 2.00 bits per heavy atom. The quantitative estimate of drug-likeness (QED) is 0.846. The van der Waals surface area contributed by atoms with Crippen LogP contribution in [0.1, 0.15) is 56.1 Å². The summed E-state index contributed by atoms with van der Waals surface area (Å²) in [5, 5.41) is 3.80. The van der Waals surface area contributed by atoms with Gasteiger partial charge < -0.3 is 5.32 Å². The van der Waals surface area contributed by atoms with E-state index in [4.69, 9.17) is 0 Å². The maximum atomic E-state index is 3.80. The molecule has 1 nitrogen and oxygen atoms in total. The summed E-state index contributed by atoms with van der Waals surface area (Å²) in [4.78, 5) is 0. The second kappa shape index (κ2) is 5.44. The van der Waals surface area contributed by atoms with Gasteiger partial charge in [-0.3, -0.25) is 0 Å². The van der Waals surface area contributed by atoms with Crippen LogP contribution in [0.4, 0.5) is 0 Å². The number of aryl methyl sites for hydroxylation is 1. The third-order valence-corrected chi connectivity index (χ3v) is 5.04. The number of hydrogen-bond acceptors (Lipinski definition) is 1. The number of benzene rings is 1. The zero-order valence-corrected chi connectivity index (χ0v) is 11.5. The summed E-state index contributed by atoms with van der Waals surface area (Å²) in [6, 6.07) is 9.76. The van der Waals surface area contributed by atoms with E-state index in [1.165, 1.54) is 45.1 Å². The first-order valence-electron chi connectivity index (χ1n) is 7.66. The minimum Gasteiger partial charge on any atom is -0.313 e. The molecule has 0 aromatic heterocycles. The van der Waals surface area contributed by atoms with Crippen LogP contribution in [0.15, 0.2) is 24.3 Å². The minimum atomic E-state index is 0.716. The molecular formula is C17H25N. The van der Waals surface area contributed by atoms with Gasteiger partial charge in [-0.25, -0.2) is 0 Å². The lowest BCUT2D eigenvalue weighted by Gasteiger charge is -2.34. The van der Waals surface area contributed by atoms with E-state index < -0.39 is 0 Å². The van der Waals surface area contributed by atoms with E-state index in [-0.39, 0.29) is 0 Å². The zero-order chi connectivity index (χ0) is 12.4. The molecule has 0 heterocycles. The average molecular weight is 243 g/mol. The molecule has 1 N–H and O–H groups in total. The second-order valence-electron chi connectivity index (χ2n) is 6.18. The highest BCUT2D eigenvalue weighted by Gasteiger charge is 2.25. The van der Waals surface area contributed by atoms with E-state index in [1.807, 2.05) is 0 Å². The van der Waals surface area contributed by atoms with E-state index in [2.05, 4.69) is 36.5 Å². The van der Waals surface area contributed by atoms with Crippen LogP contribution >= 0.6 is 0 Å². The molecule has 1 saturated carbocycles. The van der Waals surface area contributed by atoms with E-state index >= 15 is 0 Å². The smallest absolute Gasteiger partial charge is 0.00672 e. The molecule has 3 rings (SSSR count). The maximum absolute atomic E-state index is 3.80. The molecule has 1 heteroatoms. The normalized spacial score (nSPS) is 25.3. The van der Waals surface area contributed by atoms with Crippen LogP contribution in [0.25, 0.3) is 0 Å². The molecule has 0 spiro atoms. The van der Waals surface area contributed by atoms with Crippen LogP contribution in [0.5, 0.6) is 0 Å². The van der Waals surface area contributed by atoms with Gasteiger partial charge in [0.25, 0.3) is 0 Å². The summed E-state index contributed by atoms with van der Waals surface area (Å²) in [6.45, 7) is 3.55. The lowest BCUT2D eigenvalue weighted by molar-refractivity contribution is 0.237. The molecule has 1 fully saturated rings. The third kappa shape index (κ3) is 2.47. The van der Waals surface area contributed by atoms with Crippen molar-refractivity contribution in [1.29, 1.82) is 0 Å². The van der Waals surface area contributed by atoms with Crippen LogP contribution in [0.2, 0.25) is 0 Å². The Hall–Kier alpha value is -0.820. The fraction of sp³-hybridized carbons (Fsp3) is 0.647. The topological polar surface area (TPSA) is 12.0 Å². The van der Waals surface area contributed by atoms with E-state index in [0.717, 1.165) is 11.8 Å². The molecule has 2 atom stereocenters. The molecule has 98 valence electrons. The van der Waals surface area contributed by atoms with E-state index in [9.17, 15) is 0 Å². The van der Waals surface area contributed by atoms with Gasteiger partial charge in [-0.05, 0) is 62.0 Å². The second-order valence-corrected chi connectivity index (χ2v) is 6.18. The molecule has 0 radical (unpaired) electrons.